The van der Waals surface area contributed by atoms with Gasteiger partial charge in [-0.15, -0.1) is 6.42 Å². The smallest absolute Gasteiger partial charge is 0.325 e. The van der Waals surface area contributed by atoms with Crippen LogP contribution in [-0.4, -0.2) is 42.1 Å². The Hall–Kier alpha value is -2.99. The maximum Gasteiger partial charge on any atom is 0.325 e. The molecule has 1 aromatic carbocycles. The quantitative estimate of drug-likeness (QED) is 0.832. The van der Waals surface area contributed by atoms with Crippen molar-refractivity contribution >= 4 is 17.7 Å². The Kier molecular flexibility index (Phi) is 5.13. The summed E-state index contributed by atoms with van der Waals surface area (Å²) >= 11 is 0. The van der Waals surface area contributed by atoms with Gasteiger partial charge in [-0.3, -0.25) is 9.69 Å². The first-order chi connectivity index (χ1) is 9.51. The molecule has 0 aliphatic carbocycles. The SMILES string of the molecule is C#CCN(CC(=O)O)C(=O)N(C)c1ccccc1C#N. The van der Waals surface area contributed by atoms with Crippen LogP contribution in [0.5, 0.6) is 0 Å². The molecule has 0 saturated carbocycles. The molecule has 1 aromatic rings. The summed E-state index contributed by atoms with van der Waals surface area (Å²) in [4.78, 5) is 25.2. The minimum Gasteiger partial charge on any atom is -0.480 e. The zero-order chi connectivity index (χ0) is 15.1. The molecule has 20 heavy (non-hydrogen) atoms. The molecule has 0 heterocycles. The molecule has 102 valence electrons. The molecule has 0 bridgehead atoms. The molecular weight excluding hydrogens is 258 g/mol. The average molecular weight is 271 g/mol. The van der Waals surface area contributed by atoms with Gasteiger partial charge in [0.15, 0.2) is 0 Å². The van der Waals surface area contributed by atoms with E-state index in [4.69, 9.17) is 16.8 Å². The third-order valence-corrected chi connectivity index (χ3v) is 2.55. The van der Waals surface area contributed by atoms with E-state index in [1.807, 2.05) is 6.07 Å². The molecule has 0 spiro atoms. The van der Waals surface area contributed by atoms with Gasteiger partial charge in [0.2, 0.25) is 0 Å². The lowest BCUT2D eigenvalue weighted by molar-refractivity contribution is -0.137. The fourth-order valence-electron chi connectivity index (χ4n) is 1.64. The van der Waals surface area contributed by atoms with Gasteiger partial charge in [-0.25, -0.2) is 4.79 Å². The first-order valence-electron chi connectivity index (χ1n) is 5.68. The van der Waals surface area contributed by atoms with E-state index in [2.05, 4.69) is 5.92 Å². The molecule has 0 saturated heterocycles. The number of carboxylic acid groups (broad SMARTS) is 1. The summed E-state index contributed by atoms with van der Waals surface area (Å²) in [5.41, 5.74) is 0.715. The molecule has 0 unspecified atom stereocenters. The van der Waals surface area contributed by atoms with Gasteiger partial charge in [0.1, 0.15) is 12.6 Å². The van der Waals surface area contributed by atoms with E-state index < -0.39 is 18.5 Å². The standard InChI is InChI=1S/C14H13N3O3/c1-3-8-17(10-13(18)19)14(20)16(2)12-7-5-4-6-11(12)9-15/h1,4-7H,8,10H2,2H3,(H,18,19). The van der Waals surface area contributed by atoms with Gasteiger partial charge in [0.05, 0.1) is 17.8 Å². The molecule has 0 fully saturated rings. The van der Waals surface area contributed by atoms with Crippen molar-refractivity contribution in [3.63, 3.8) is 0 Å². The van der Waals surface area contributed by atoms with Crippen LogP contribution in [0.1, 0.15) is 5.56 Å². The zero-order valence-corrected chi connectivity index (χ0v) is 10.9. The second kappa shape index (κ2) is 6.81. The van der Waals surface area contributed by atoms with E-state index >= 15 is 0 Å². The van der Waals surface area contributed by atoms with Crippen LogP contribution in [0.15, 0.2) is 24.3 Å². The first kappa shape index (κ1) is 15.1. The number of nitrogens with zero attached hydrogens (tertiary/aromatic N) is 3. The summed E-state index contributed by atoms with van der Waals surface area (Å²) in [7, 11) is 1.46. The second-order valence-corrected chi connectivity index (χ2v) is 3.92. The zero-order valence-electron chi connectivity index (χ0n) is 10.9. The number of hydrogen-bond acceptors (Lipinski definition) is 3. The Balaban J connectivity index is 3.03. The molecule has 1 N–H and O–H groups in total. The summed E-state index contributed by atoms with van der Waals surface area (Å²) in [5, 5.41) is 17.8. The van der Waals surface area contributed by atoms with E-state index in [1.165, 1.54) is 11.9 Å². The number of anilines is 1. The molecule has 2 amide bonds. The molecule has 0 atom stereocenters. The highest BCUT2D eigenvalue weighted by Crippen LogP contribution is 2.19. The first-order valence-corrected chi connectivity index (χ1v) is 5.68. The lowest BCUT2D eigenvalue weighted by Gasteiger charge is -2.26. The number of hydrogen-bond donors (Lipinski definition) is 1. The molecular formula is C14H13N3O3. The predicted molar refractivity (Wildman–Crippen MR) is 73.0 cm³/mol. The molecule has 0 aliphatic rings. The van der Waals surface area contributed by atoms with E-state index in [0.29, 0.717) is 11.3 Å². The molecule has 1 rings (SSSR count). The van der Waals surface area contributed by atoms with E-state index in [0.717, 1.165) is 4.90 Å². The summed E-state index contributed by atoms with van der Waals surface area (Å²) in [6.45, 7) is -0.619. The normalized spacial score (nSPS) is 9.15. The number of amides is 2. The number of carboxylic acids is 1. The predicted octanol–water partition coefficient (Wildman–Crippen LogP) is 1.13. The van der Waals surface area contributed by atoms with Crippen LogP contribution in [0.2, 0.25) is 0 Å². The van der Waals surface area contributed by atoms with Crippen molar-refractivity contribution in [1.82, 2.24) is 4.90 Å². The number of nitriles is 1. The second-order valence-electron chi connectivity index (χ2n) is 3.92. The molecule has 6 heteroatoms. The maximum atomic E-state index is 12.2. The Bertz CT molecular complexity index is 598. The van der Waals surface area contributed by atoms with E-state index in [1.54, 1.807) is 24.3 Å². The van der Waals surface area contributed by atoms with Crippen molar-refractivity contribution in [2.24, 2.45) is 0 Å². The minimum atomic E-state index is -1.16. The van der Waals surface area contributed by atoms with Crippen LogP contribution in [-0.2, 0) is 4.79 Å². The topological polar surface area (TPSA) is 84.6 Å². The van der Waals surface area contributed by atoms with Crippen LogP contribution < -0.4 is 4.90 Å². The van der Waals surface area contributed by atoms with Gasteiger partial charge in [-0.05, 0) is 12.1 Å². The number of rotatable bonds is 4. The van der Waals surface area contributed by atoms with Crippen molar-refractivity contribution in [2.75, 3.05) is 25.0 Å². The highest BCUT2D eigenvalue weighted by molar-refractivity contribution is 5.94. The van der Waals surface area contributed by atoms with Gasteiger partial charge in [-0.2, -0.15) is 5.26 Å². The van der Waals surface area contributed by atoms with Crippen LogP contribution in [0.3, 0.4) is 0 Å². The highest BCUT2D eigenvalue weighted by Gasteiger charge is 2.22. The Morgan fingerprint density at radius 3 is 2.60 bits per heavy atom. The summed E-state index contributed by atoms with van der Waals surface area (Å²) in [5.74, 6) is 1.08. The summed E-state index contributed by atoms with van der Waals surface area (Å²) < 4.78 is 0. The number of terminal acetylenes is 1. The number of carbonyl (C=O) groups excluding carboxylic acids is 1. The average Bonchev–Trinajstić information content (AvgIpc) is 2.44. The van der Waals surface area contributed by atoms with Crippen molar-refractivity contribution in [3.05, 3.63) is 29.8 Å². The highest BCUT2D eigenvalue weighted by atomic mass is 16.4. The van der Waals surface area contributed by atoms with Crippen molar-refractivity contribution in [2.45, 2.75) is 0 Å². The Labute approximate surface area is 116 Å². The number of para-hydroxylation sites is 1. The molecule has 6 nitrogen and oxygen atoms in total. The minimum absolute atomic E-state index is 0.121. The number of urea groups is 1. The van der Waals surface area contributed by atoms with Crippen LogP contribution >= 0.6 is 0 Å². The van der Waals surface area contributed by atoms with Crippen LogP contribution in [0.25, 0.3) is 0 Å². The Morgan fingerprint density at radius 1 is 1.40 bits per heavy atom. The van der Waals surface area contributed by atoms with Crippen LogP contribution in [0, 0.1) is 23.7 Å². The lowest BCUT2D eigenvalue weighted by Crippen LogP contribution is -2.44. The lowest BCUT2D eigenvalue weighted by atomic mass is 10.2. The fourth-order valence-corrected chi connectivity index (χ4v) is 1.64. The third kappa shape index (κ3) is 3.50. The molecule has 0 aromatic heterocycles. The van der Waals surface area contributed by atoms with Gasteiger partial charge < -0.3 is 10.0 Å². The van der Waals surface area contributed by atoms with E-state index in [9.17, 15) is 9.59 Å². The third-order valence-electron chi connectivity index (χ3n) is 2.55. The van der Waals surface area contributed by atoms with E-state index in [-0.39, 0.29) is 6.54 Å². The van der Waals surface area contributed by atoms with Crippen molar-refractivity contribution in [1.29, 1.82) is 5.26 Å². The van der Waals surface area contributed by atoms with Gasteiger partial charge in [0, 0.05) is 7.05 Å². The number of carbonyl (C=O) groups is 2. The number of benzene rings is 1. The summed E-state index contributed by atoms with van der Waals surface area (Å²) in [6.07, 6.45) is 5.13. The fraction of sp³-hybridized carbons (Fsp3) is 0.214. The largest absolute Gasteiger partial charge is 0.480 e. The monoisotopic (exact) mass is 271 g/mol. The van der Waals surface area contributed by atoms with Gasteiger partial charge in [-0.1, -0.05) is 18.1 Å². The van der Waals surface area contributed by atoms with Crippen molar-refractivity contribution in [3.8, 4) is 18.4 Å². The van der Waals surface area contributed by atoms with Gasteiger partial charge in [0.25, 0.3) is 0 Å². The molecule has 0 aliphatic heterocycles. The van der Waals surface area contributed by atoms with Crippen LogP contribution in [0.4, 0.5) is 10.5 Å². The Morgan fingerprint density at radius 2 is 2.05 bits per heavy atom. The van der Waals surface area contributed by atoms with Gasteiger partial charge >= 0.3 is 12.0 Å². The molecule has 0 radical (unpaired) electrons. The summed E-state index contributed by atoms with van der Waals surface area (Å²) in [6, 6.07) is 7.93. The number of aliphatic carboxylic acids is 1. The maximum absolute atomic E-state index is 12.2. The van der Waals surface area contributed by atoms with Crippen molar-refractivity contribution < 1.29 is 14.7 Å².